The molecular formula is C18H19NO. The molecule has 0 aromatic heterocycles. The van der Waals surface area contributed by atoms with Crippen molar-refractivity contribution < 1.29 is 4.79 Å². The van der Waals surface area contributed by atoms with Crippen LogP contribution >= 0.6 is 0 Å². The summed E-state index contributed by atoms with van der Waals surface area (Å²) in [5.74, 6) is 0.0489. The molecule has 0 saturated heterocycles. The maximum absolute atomic E-state index is 12.0. The van der Waals surface area contributed by atoms with E-state index in [0.717, 1.165) is 36.8 Å². The number of nitrogens with two attached hydrogens (primary N) is 1. The van der Waals surface area contributed by atoms with Crippen molar-refractivity contribution in [2.45, 2.75) is 25.7 Å². The third-order valence-corrected chi connectivity index (χ3v) is 4.07. The first-order chi connectivity index (χ1) is 9.76. The van der Waals surface area contributed by atoms with Gasteiger partial charge < -0.3 is 5.73 Å². The van der Waals surface area contributed by atoms with Crippen molar-refractivity contribution in [3.8, 4) is 0 Å². The van der Waals surface area contributed by atoms with Crippen LogP contribution in [0.2, 0.25) is 0 Å². The van der Waals surface area contributed by atoms with Gasteiger partial charge in [0.2, 0.25) is 0 Å². The zero-order valence-electron chi connectivity index (χ0n) is 11.6. The van der Waals surface area contributed by atoms with E-state index in [-0.39, 0.29) is 12.3 Å². The summed E-state index contributed by atoms with van der Waals surface area (Å²) in [5, 5.41) is 0. The summed E-state index contributed by atoms with van der Waals surface area (Å²) in [5.41, 5.74) is 11.4. The van der Waals surface area contributed by atoms with Crippen molar-refractivity contribution in [3.05, 3.63) is 70.3 Å². The number of carbonyl (C=O) groups is 1. The quantitative estimate of drug-likeness (QED) is 0.848. The number of aryl methyl sites for hydroxylation is 4. The van der Waals surface area contributed by atoms with Gasteiger partial charge in [-0.3, -0.25) is 4.79 Å². The maximum Gasteiger partial charge on any atom is 0.176 e. The minimum absolute atomic E-state index is 0.0489. The van der Waals surface area contributed by atoms with Crippen LogP contribution in [-0.4, -0.2) is 12.3 Å². The standard InChI is InChI=1S/C18H19NO/c19-12-18(20)17-11-15-6-5-13-1-3-14(4-2-13)7-9-16(17)10-8-15/h1-4,8,10-11H,5-7,9,12,19H2. The predicted octanol–water partition coefficient (Wildman–Crippen LogP) is 2.71. The molecule has 0 saturated carbocycles. The maximum atomic E-state index is 12.0. The number of ketones is 1. The first kappa shape index (κ1) is 13.1. The second kappa shape index (κ2) is 5.59. The van der Waals surface area contributed by atoms with Crippen molar-refractivity contribution in [1.29, 1.82) is 0 Å². The Kier molecular flexibility index (Phi) is 3.66. The average Bonchev–Trinajstić information content (AvgIpc) is 2.49. The molecule has 0 unspecified atom stereocenters. The molecule has 4 bridgehead atoms. The van der Waals surface area contributed by atoms with Crippen LogP contribution in [0.4, 0.5) is 0 Å². The molecule has 0 heterocycles. The molecule has 0 spiro atoms. The van der Waals surface area contributed by atoms with Gasteiger partial charge in [-0.2, -0.15) is 0 Å². The van der Waals surface area contributed by atoms with Gasteiger partial charge in [0, 0.05) is 5.56 Å². The highest BCUT2D eigenvalue weighted by Crippen LogP contribution is 2.19. The molecule has 6 rings (SSSR count). The lowest BCUT2D eigenvalue weighted by Crippen LogP contribution is -2.16. The lowest BCUT2D eigenvalue weighted by molar-refractivity contribution is 0.100. The predicted molar refractivity (Wildman–Crippen MR) is 81.1 cm³/mol. The molecule has 2 aromatic carbocycles. The van der Waals surface area contributed by atoms with Crippen molar-refractivity contribution in [1.82, 2.24) is 0 Å². The molecule has 2 N–H and O–H groups in total. The lowest BCUT2D eigenvalue weighted by Gasteiger charge is -2.13. The van der Waals surface area contributed by atoms with Gasteiger partial charge in [0.1, 0.15) is 0 Å². The average molecular weight is 265 g/mol. The summed E-state index contributed by atoms with van der Waals surface area (Å²) in [7, 11) is 0. The molecule has 0 aliphatic heterocycles. The van der Waals surface area contributed by atoms with E-state index in [1.54, 1.807) is 0 Å². The first-order valence-electron chi connectivity index (χ1n) is 7.19. The Balaban J connectivity index is 2.01. The molecule has 0 radical (unpaired) electrons. The summed E-state index contributed by atoms with van der Waals surface area (Å²) in [4.78, 5) is 12.0. The second-order valence-corrected chi connectivity index (χ2v) is 5.44. The topological polar surface area (TPSA) is 43.1 Å². The first-order valence-corrected chi connectivity index (χ1v) is 7.19. The Bertz CT molecular complexity index is 628. The lowest BCUT2D eigenvalue weighted by atomic mass is 9.92. The molecule has 102 valence electrons. The van der Waals surface area contributed by atoms with Gasteiger partial charge >= 0.3 is 0 Å². The molecule has 20 heavy (non-hydrogen) atoms. The third kappa shape index (κ3) is 2.66. The van der Waals surface area contributed by atoms with Crippen molar-refractivity contribution in [2.24, 2.45) is 5.73 Å². The smallest absolute Gasteiger partial charge is 0.176 e. The minimum atomic E-state index is 0.0489. The highest BCUT2D eigenvalue weighted by Gasteiger charge is 2.12. The molecule has 0 atom stereocenters. The molecule has 4 aliphatic rings. The van der Waals surface area contributed by atoms with Gasteiger partial charge in [0.15, 0.2) is 5.78 Å². The van der Waals surface area contributed by atoms with Crippen LogP contribution in [0, 0.1) is 0 Å². The van der Waals surface area contributed by atoms with Gasteiger partial charge in [0.25, 0.3) is 0 Å². The van der Waals surface area contributed by atoms with E-state index in [0.29, 0.717) is 0 Å². The van der Waals surface area contributed by atoms with Gasteiger partial charge in [0.05, 0.1) is 6.54 Å². The summed E-state index contributed by atoms with van der Waals surface area (Å²) >= 11 is 0. The van der Waals surface area contributed by atoms with Crippen LogP contribution in [0.1, 0.15) is 32.6 Å². The molecule has 4 aliphatic carbocycles. The summed E-state index contributed by atoms with van der Waals surface area (Å²) in [6.45, 7) is 0.0875. The number of hydrogen-bond acceptors (Lipinski definition) is 2. The fourth-order valence-corrected chi connectivity index (χ4v) is 2.81. The van der Waals surface area contributed by atoms with E-state index < -0.39 is 0 Å². The van der Waals surface area contributed by atoms with E-state index in [1.165, 1.54) is 16.7 Å². The number of rotatable bonds is 2. The van der Waals surface area contributed by atoms with Crippen LogP contribution < -0.4 is 5.73 Å². The molecule has 2 aromatic rings. The van der Waals surface area contributed by atoms with E-state index >= 15 is 0 Å². The van der Waals surface area contributed by atoms with Gasteiger partial charge in [-0.1, -0.05) is 36.4 Å². The van der Waals surface area contributed by atoms with Gasteiger partial charge in [-0.15, -0.1) is 0 Å². The summed E-state index contributed by atoms with van der Waals surface area (Å²) in [6, 6.07) is 15.1. The molecular weight excluding hydrogens is 246 g/mol. The number of Topliss-reactive ketones (excluding diaryl/α,β-unsaturated/α-hetero) is 1. The SMILES string of the molecule is NCC(=O)c1cc2ccc1CCc1ccc(cc1)CC2. The van der Waals surface area contributed by atoms with Crippen molar-refractivity contribution >= 4 is 5.78 Å². The molecule has 0 fully saturated rings. The summed E-state index contributed by atoms with van der Waals surface area (Å²) in [6.07, 6.45) is 3.82. The molecule has 2 heteroatoms. The van der Waals surface area contributed by atoms with Crippen molar-refractivity contribution in [3.63, 3.8) is 0 Å². The van der Waals surface area contributed by atoms with E-state index in [4.69, 9.17) is 5.73 Å². The van der Waals surface area contributed by atoms with Crippen LogP contribution in [0.15, 0.2) is 42.5 Å². The Morgan fingerprint density at radius 2 is 1.40 bits per heavy atom. The van der Waals surface area contributed by atoms with Gasteiger partial charge in [-0.05, 0) is 54.0 Å². The normalized spacial score (nSPS) is 13.8. The van der Waals surface area contributed by atoms with E-state index in [1.807, 2.05) is 6.07 Å². The van der Waals surface area contributed by atoms with Crippen LogP contribution in [-0.2, 0) is 25.7 Å². The second-order valence-electron chi connectivity index (χ2n) is 5.44. The van der Waals surface area contributed by atoms with Crippen molar-refractivity contribution in [2.75, 3.05) is 6.54 Å². The van der Waals surface area contributed by atoms with Crippen LogP contribution in [0.25, 0.3) is 0 Å². The zero-order chi connectivity index (χ0) is 13.9. The highest BCUT2D eigenvalue weighted by molar-refractivity contribution is 5.99. The van der Waals surface area contributed by atoms with E-state index in [9.17, 15) is 4.79 Å². The molecule has 2 nitrogen and oxygen atoms in total. The fraction of sp³-hybridized carbons (Fsp3) is 0.278. The monoisotopic (exact) mass is 265 g/mol. The Labute approximate surface area is 119 Å². The largest absolute Gasteiger partial charge is 0.324 e. The molecule has 0 amide bonds. The Hall–Kier alpha value is -1.93. The Morgan fingerprint density at radius 1 is 0.850 bits per heavy atom. The van der Waals surface area contributed by atoms with E-state index in [2.05, 4.69) is 36.4 Å². The summed E-state index contributed by atoms with van der Waals surface area (Å²) < 4.78 is 0. The van der Waals surface area contributed by atoms with Crippen LogP contribution in [0.3, 0.4) is 0 Å². The number of carbonyl (C=O) groups excluding carboxylic acids is 1. The highest BCUT2D eigenvalue weighted by atomic mass is 16.1. The fourth-order valence-electron chi connectivity index (χ4n) is 2.81. The zero-order valence-corrected chi connectivity index (χ0v) is 11.6. The number of hydrogen-bond donors (Lipinski definition) is 1. The third-order valence-electron chi connectivity index (χ3n) is 4.07. The Morgan fingerprint density at radius 3 is 2.05 bits per heavy atom. The minimum Gasteiger partial charge on any atom is -0.324 e. The van der Waals surface area contributed by atoms with Gasteiger partial charge in [-0.25, -0.2) is 0 Å². The van der Waals surface area contributed by atoms with Crippen LogP contribution in [0.5, 0.6) is 0 Å². The number of benzene rings is 2.